The molecule has 0 saturated heterocycles. The maximum absolute atomic E-state index is 6.19. The fourth-order valence-electron chi connectivity index (χ4n) is 2.91. The molecule has 1 heterocycles. The van der Waals surface area contributed by atoms with Crippen LogP contribution in [0.25, 0.3) is 0 Å². The molecule has 1 aromatic rings. The zero-order valence-corrected chi connectivity index (χ0v) is 11.9. The third-order valence-electron chi connectivity index (χ3n) is 3.90. The molecule has 1 aromatic heterocycles. The minimum atomic E-state index is -1.90. The summed E-state index contributed by atoms with van der Waals surface area (Å²) in [7, 11) is -1.90. The largest absolute Gasteiger partial charge is 0.411 e. The number of hydrogen-bond donors (Lipinski definition) is 0. The van der Waals surface area contributed by atoms with Gasteiger partial charge in [0.1, 0.15) is 0 Å². The van der Waals surface area contributed by atoms with Crippen LogP contribution in [0.15, 0.2) is 18.6 Å². The van der Waals surface area contributed by atoms with Gasteiger partial charge < -0.3 is 4.43 Å². The third kappa shape index (κ3) is 2.74. The van der Waals surface area contributed by atoms with E-state index in [4.69, 9.17) is 4.43 Å². The van der Waals surface area contributed by atoms with Crippen molar-refractivity contribution in [3.63, 3.8) is 0 Å². The molecule has 1 saturated carbocycles. The zero-order chi connectivity index (χ0) is 12.1. The average Bonchev–Trinajstić information content (AvgIpc) is 2.41. The number of hydrogen-bond acceptors (Lipinski definition) is 3. The monoisotopic (exact) mass is 250 g/mol. The summed E-state index contributed by atoms with van der Waals surface area (Å²) in [6, 6.07) is 0. The van der Waals surface area contributed by atoms with Gasteiger partial charge in [-0.1, -0.05) is 32.1 Å². The van der Waals surface area contributed by atoms with Gasteiger partial charge in [-0.2, -0.15) is 0 Å². The van der Waals surface area contributed by atoms with Gasteiger partial charge in [-0.3, -0.25) is 9.97 Å². The molecule has 0 spiro atoms. The van der Waals surface area contributed by atoms with Gasteiger partial charge in [-0.25, -0.2) is 0 Å². The predicted octanol–water partition coefficient (Wildman–Crippen LogP) is 2.63. The Balaban J connectivity index is 2.24. The Hall–Kier alpha value is -0.743. The lowest BCUT2D eigenvalue weighted by atomic mass is 10.0. The molecule has 1 fully saturated rings. The number of nitrogens with zero attached hydrogens (tertiary/aromatic N) is 2. The van der Waals surface area contributed by atoms with Crippen LogP contribution in [-0.2, 0) is 4.43 Å². The van der Waals surface area contributed by atoms with Crippen molar-refractivity contribution in [1.82, 2.24) is 9.97 Å². The summed E-state index contributed by atoms with van der Waals surface area (Å²) in [5.41, 5.74) is 0.716. The third-order valence-corrected chi connectivity index (χ3v) is 8.20. The van der Waals surface area contributed by atoms with Crippen molar-refractivity contribution >= 4 is 13.6 Å². The molecule has 1 aliphatic carbocycles. The highest BCUT2D eigenvalue weighted by atomic mass is 28.4. The van der Waals surface area contributed by atoms with Crippen molar-refractivity contribution in [2.75, 3.05) is 6.61 Å². The van der Waals surface area contributed by atoms with Crippen LogP contribution in [-0.4, -0.2) is 24.9 Å². The summed E-state index contributed by atoms with van der Waals surface area (Å²) < 4.78 is 6.19. The molecule has 2 rings (SSSR count). The highest BCUT2D eigenvalue weighted by Gasteiger charge is 2.42. The second kappa shape index (κ2) is 5.73. The Bertz CT molecular complexity index is 341. The van der Waals surface area contributed by atoms with Crippen LogP contribution in [0.5, 0.6) is 0 Å². The van der Waals surface area contributed by atoms with Gasteiger partial charge in [-0.05, 0) is 19.0 Å². The van der Waals surface area contributed by atoms with E-state index >= 15 is 0 Å². The smallest absolute Gasteiger partial charge is 0.245 e. The standard InChI is InChI=1S/C13H22N2OSi/c1-3-16-17(2,12-7-5-4-6-8-12)13-11-14-9-10-15-13/h9-12H,3-8H2,1-2H3. The van der Waals surface area contributed by atoms with E-state index in [1.807, 2.05) is 6.20 Å². The SMILES string of the molecule is CCO[Si](C)(c1cnccn1)C1CCCCC1. The molecule has 0 aliphatic heterocycles. The molecule has 0 aromatic carbocycles. The zero-order valence-electron chi connectivity index (χ0n) is 10.9. The minimum absolute atomic E-state index is 0.716. The fraction of sp³-hybridized carbons (Fsp3) is 0.692. The number of rotatable bonds is 4. The van der Waals surface area contributed by atoms with E-state index in [1.54, 1.807) is 12.4 Å². The molecule has 1 unspecified atom stereocenters. The van der Waals surface area contributed by atoms with Crippen molar-refractivity contribution in [3.05, 3.63) is 18.6 Å². The molecule has 1 atom stereocenters. The van der Waals surface area contributed by atoms with Crippen molar-refractivity contribution in [1.29, 1.82) is 0 Å². The Morgan fingerprint density at radius 2 is 2.06 bits per heavy atom. The minimum Gasteiger partial charge on any atom is -0.411 e. The molecule has 17 heavy (non-hydrogen) atoms. The van der Waals surface area contributed by atoms with Crippen LogP contribution in [0.1, 0.15) is 39.0 Å². The maximum atomic E-state index is 6.19. The van der Waals surface area contributed by atoms with Gasteiger partial charge in [0.25, 0.3) is 0 Å². The molecule has 3 nitrogen and oxygen atoms in total. The van der Waals surface area contributed by atoms with Gasteiger partial charge in [0, 0.05) is 25.2 Å². The summed E-state index contributed by atoms with van der Waals surface area (Å²) in [5.74, 6) is 0. The van der Waals surface area contributed by atoms with Gasteiger partial charge in [0.05, 0.1) is 5.32 Å². The van der Waals surface area contributed by atoms with Crippen LogP contribution >= 0.6 is 0 Å². The highest BCUT2D eigenvalue weighted by Crippen LogP contribution is 2.36. The second-order valence-corrected chi connectivity index (χ2v) is 8.80. The van der Waals surface area contributed by atoms with E-state index in [1.165, 1.54) is 32.1 Å². The molecular weight excluding hydrogens is 228 g/mol. The molecule has 0 bridgehead atoms. The van der Waals surface area contributed by atoms with E-state index in [2.05, 4.69) is 23.4 Å². The van der Waals surface area contributed by atoms with Crippen molar-refractivity contribution < 1.29 is 4.43 Å². The summed E-state index contributed by atoms with van der Waals surface area (Å²) in [6.07, 6.45) is 12.1. The Morgan fingerprint density at radius 3 is 2.65 bits per heavy atom. The summed E-state index contributed by atoms with van der Waals surface area (Å²) in [4.78, 5) is 8.74. The first-order chi connectivity index (χ1) is 8.27. The Labute approximate surface area is 105 Å². The second-order valence-electron chi connectivity index (χ2n) is 4.97. The summed E-state index contributed by atoms with van der Waals surface area (Å²) in [6.45, 7) is 5.19. The van der Waals surface area contributed by atoms with Gasteiger partial charge in [0.15, 0.2) is 0 Å². The lowest BCUT2D eigenvalue weighted by molar-refractivity contribution is 0.310. The van der Waals surface area contributed by atoms with Crippen LogP contribution in [0.4, 0.5) is 0 Å². The molecule has 1 aliphatic rings. The topological polar surface area (TPSA) is 35.0 Å². The number of aromatic nitrogens is 2. The molecular formula is C13H22N2OSi. The lowest BCUT2D eigenvalue weighted by Crippen LogP contribution is -2.54. The lowest BCUT2D eigenvalue weighted by Gasteiger charge is -2.36. The van der Waals surface area contributed by atoms with Crippen LogP contribution in [0.2, 0.25) is 12.1 Å². The van der Waals surface area contributed by atoms with Crippen molar-refractivity contribution in [2.24, 2.45) is 0 Å². The first-order valence-corrected chi connectivity index (χ1v) is 9.16. The van der Waals surface area contributed by atoms with E-state index in [0.29, 0.717) is 5.54 Å². The maximum Gasteiger partial charge on any atom is 0.245 e. The Morgan fingerprint density at radius 1 is 1.29 bits per heavy atom. The molecule has 94 valence electrons. The molecule has 4 heteroatoms. The predicted molar refractivity (Wildman–Crippen MR) is 71.7 cm³/mol. The van der Waals surface area contributed by atoms with E-state index in [-0.39, 0.29) is 0 Å². The summed E-state index contributed by atoms with van der Waals surface area (Å²) in [5, 5.41) is 1.12. The fourth-order valence-corrected chi connectivity index (χ4v) is 6.48. The van der Waals surface area contributed by atoms with Gasteiger partial charge in [-0.15, -0.1) is 0 Å². The molecule has 0 N–H and O–H groups in total. The first kappa shape index (κ1) is 12.7. The molecule has 0 radical (unpaired) electrons. The van der Waals surface area contributed by atoms with Crippen LogP contribution < -0.4 is 5.32 Å². The Kier molecular flexibility index (Phi) is 4.29. The first-order valence-electron chi connectivity index (χ1n) is 6.68. The van der Waals surface area contributed by atoms with Crippen molar-refractivity contribution in [3.8, 4) is 0 Å². The van der Waals surface area contributed by atoms with Gasteiger partial charge >= 0.3 is 0 Å². The quantitative estimate of drug-likeness (QED) is 0.771. The van der Waals surface area contributed by atoms with Crippen LogP contribution in [0.3, 0.4) is 0 Å². The average molecular weight is 250 g/mol. The normalized spacial score (nSPS) is 21.1. The van der Waals surface area contributed by atoms with Crippen LogP contribution in [0, 0.1) is 0 Å². The molecule has 0 amide bonds. The van der Waals surface area contributed by atoms with E-state index in [0.717, 1.165) is 11.9 Å². The highest BCUT2D eigenvalue weighted by molar-refractivity contribution is 6.86. The van der Waals surface area contributed by atoms with Crippen molar-refractivity contribution in [2.45, 2.75) is 51.1 Å². The van der Waals surface area contributed by atoms with E-state index < -0.39 is 8.32 Å². The van der Waals surface area contributed by atoms with E-state index in [9.17, 15) is 0 Å². The summed E-state index contributed by atoms with van der Waals surface area (Å²) >= 11 is 0. The van der Waals surface area contributed by atoms with Gasteiger partial charge in [0.2, 0.25) is 8.32 Å².